The van der Waals surface area contributed by atoms with Crippen molar-refractivity contribution in [1.29, 1.82) is 0 Å². The lowest BCUT2D eigenvalue weighted by molar-refractivity contribution is 0.341. The van der Waals surface area contributed by atoms with E-state index in [1.165, 1.54) is 18.7 Å². The molecule has 0 saturated carbocycles. The van der Waals surface area contributed by atoms with Gasteiger partial charge in [-0.15, -0.1) is 0 Å². The second-order valence-corrected chi connectivity index (χ2v) is 7.37. The molecule has 7 heteroatoms. The largest absolute Gasteiger partial charge is 0.495 e. The lowest BCUT2D eigenvalue weighted by Crippen LogP contribution is -2.21. The summed E-state index contributed by atoms with van der Waals surface area (Å²) in [4.78, 5) is 0. The molecule has 0 bridgehead atoms. The molecule has 0 saturated heterocycles. The molecule has 0 aromatic heterocycles. The van der Waals surface area contributed by atoms with Crippen LogP contribution >= 0.6 is 11.6 Å². The number of hydrogen-bond donors (Lipinski definition) is 1. The van der Waals surface area contributed by atoms with E-state index in [1.807, 2.05) is 24.3 Å². The normalized spacial score (nSPS) is 11.1. The first-order chi connectivity index (χ1) is 11.4. The zero-order chi connectivity index (χ0) is 17.6. The summed E-state index contributed by atoms with van der Waals surface area (Å²) < 4.78 is 37.2. The van der Waals surface area contributed by atoms with Crippen molar-refractivity contribution < 1.29 is 17.9 Å². The second kappa shape index (κ2) is 8.26. The average Bonchev–Trinajstić information content (AvgIpc) is 2.55. The van der Waals surface area contributed by atoms with Gasteiger partial charge in [-0.1, -0.05) is 30.7 Å². The van der Waals surface area contributed by atoms with Crippen molar-refractivity contribution in [3.05, 3.63) is 53.1 Å². The molecule has 1 N–H and O–H groups in total. The zero-order valence-electron chi connectivity index (χ0n) is 13.6. The van der Waals surface area contributed by atoms with Crippen LogP contribution in [0.2, 0.25) is 5.02 Å². The van der Waals surface area contributed by atoms with E-state index in [4.69, 9.17) is 21.1 Å². The number of ether oxygens (including phenoxy) is 2. The molecule has 0 aliphatic rings. The van der Waals surface area contributed by atoms with E-state index in [-0.39, 0.29) is 12.4 Å². The number of hydrogen-bond acceptors (Lipinski definition) is 4. The molecule has 0 aliphatic carbocycles. The number of benzene rings is 2. The van der Waals surface area contributed by atoms with Crippen molar-refractivity contribution in [3.63, 3.8) is 0 Å². The monoisotopic (exact) mass is 369 g/mol. The first-order valence-electron chi connectivity index (χ1n) is 7.49. The summed E-state index contributed by atoms with van der Waals surface area (Å²) in [5, 5.41) is 0.338. The minimum atomic E-state index is -3.53. The molecule has 0 aliphatic heterocycles. The Bertz CT molecular complexity index is 776. The third-order valence-corrected chi connectivity index (χ3v) is 4.92. The lowest BCUT2D eigenvalue weighted by atomic mass is 10.2. The van der Waals surface area contributed by atoms with Gasteiger partial charge in [-0.3, -0.25) is 4.72 Å². The number of anilines is 1. The predicted molar refractivity (Wildman–Crippen MR) is 96.7 cm³/mol. The number of methoxy groups -OCH3 is 1. The Balaban J connectivity index is 1.89. The molecule has 0 unspecified atom stereocenters. The highest BCUT2D eigenvalue weighted by Gasteiger charge is 2.12. The van der Waals surface area contributed by atoms with Gasteiger partial charge in [0.25, 0.3) is 0 Å². The van der Waals surface area contributed by atoms with Gasteiger partial charge in [0.15, 0.2) is 0 Å². The molecule has 130 valence electrons. The van der Waals surface area contributed by atoms with Crippen LogP contribution in [0.25, 0.3) is 0 Å². The Hall–Kier alpha value is -1.92. The lowest BCUT2D eigenvalue weighted by Gasteiger charge is -2.11. The summed E-state index contributed by atoms with van der Waals surface area (Å²) in [7, 11) is -2.03. The summed E-state index contributed by atoms with van der Waals surface area (Å²) in [6.07, 6.45) is 0.947. The maximum atomic E-state index is 12.1. The predicted octanol–water partition coefficient (Wildman–Crippen LogP) is 3.73. The van der Waals surface area contributed by atoms with E-state index in [1.54, 1.807) is 12.1 Å². The fraction of sp³-hybridized carbons (Fsp3) is 0.294. The Morgan fingerprint density at radius 1 is 1.12 bits per heavy atom. The maximum Gasteiger partial charge on any atom is 0.236 e. The van der Waals surface area contributed by atoms with Gasteiger partial charge in [-0.05, 0) is 42.3 Å². The van der Waals surface area contributed by atoms with Crippen molar-refractivity contribution in [2.75, 3.05) is 24.2 Å². The van der Waals surface area contributed by atoms with Gasteiger partial charge in [0.05, 0.1) is 17.8 Å². The summed E-state index contributed by atoms with van der Waals surface area (Å²) in [5.41, 5.74) is 1.58. The van der Waals surface area contributed by atoms with E-state index in [2.05, 4.69) is 11.6 Å². The van der Waals surface area contributed by atoms with Crippen molar-refractivity contribution in [2.45, 2.75) is 13.3 Å². The highest BCUT2D eigenvalue weighted by Crippen LogP contribution is 2.27. The summed E-state index contributed by atoms with van der Waals surface area (Å²) in [6.45, 7) is 2.13. The number of nitrogens with one attached hydrogen (secondary N) is 1. The van der Waals surface area contributed by atoms with Crippen molar-refractivity contribution in [3.8, 4) is 11.5 Å². The molecule has 2 aromatic rings. The number of aryl methyl sites for hydroxylation is 1. The third-order valence-electron chi connectivity index (χ3n) is 3.38. The molecule has 0 atom stereocenters. The van der Waals surface area contributed by atoms with Gasteiger partial charge >= 0.3 is 0 Å². The first-order valence-corrected chi connectivity index (χ1v) is 9.52. The third kappa shape index (κ3) is 5.32. The van der Waals surface area contributed by atoms with Gasteiger partial charge in [-0.2, -0.15) is 0 Å². The number of halogens is 1. The Morgan fingerprint density at radius 2 is 1.83 bits per heavy atom. The van der Waals surface area contributed by atoms with E-state index in [0.717, 1.165) is 6.42 Å². The second-order valence-electron chi connectivity index (χ2n) is 5.12. The van der Waals surface area contributed by atoms with Gasteiger partial charge in [0, 0.05) is 0 Å². The standard InChI is InChI=1S/C17H20ClNO4S/c1-3-13-4-7-15(8-5-13)23-10-11-24(20,21)19-14-6-9-17(22-2)16(18)12-14/h4-9,12,19H,3,10-11H2,1-2H3. The fourth-order valence-corrected chi connectivity index (χ4v) is 3.20. The van der Waals surface area contributed by atoms with Gasteiger partial charge < -0.3 is 9.47 Å². The molecule has 2 rings (SSSR count). The van der Waals surface area contributed by atoms with Gasteiger partial charge in [0.2, 0.25) is 10.0 Å². The molecule has 0 radical (unpaired) electrons. The van der Waals surface area contributed by atoms with Crippen LogP contribution in [-0.4, -0.2) is 27.9 Å². The molecular weight excluding hydrogens is 350 g/mol. The van der Waals surface area contributed by atoms with E-state index in [9.17, 15) is 8.42 Å². The molecule has 0 fully saturated rings. The SMILES string of the molecule is CCc1ccc(OCCS(=O)(=O)Nc2ccc(OC)c(Cl)c2)cc1. The smallest absolute Gasteiger partial charge is 0.236 e. The van der Waals surface area contributed by atoms with E-state index < -0.39 is 10.0 Å². The van der Waals surface area contributed by atoms with E-state index in [0.29, 0.717) is 22.2 Å². The van der Waals surface area contributed by atoms with Gasteiger partial charge in [-0.25, -0.2) is 8.42 Å². The molecule has 0 amide bonds. The number of sulfonamides is 1. The van der Waals surface area contributed by atoms with Crippen LogP contribution in [0.15, 0.2) is 42.5 Å². The number of rotatable bonds is 8. The Morgan fingerprint density at radius 3 is 2.42 bits per heavy atom. The van der Waals surface area contributed by atoms with Crippen molar-refractivity contribution in [2.24, 2.45) is 0 Å². The molecule has 2 aromatic carbocycles. The molecular formula is C17H20ClNO4S. The van der Waals surface area contributed by atoms with Crippen LogP contribution in [0.5, 0.6) is 11.5 Å². The summed E-state index contributed by atoms with van der Waals surface area (Å²) in [5.74, 6) is 0.972. The van der Waals surface area contributed by atoms with Crippen LogP contribution in [0.3, 0.4) is 0 Å². The minimum Gasteiger partial charge on any atom is -0.495 e. The van der Waals surface area contributed by atoms with Crippen LogP contribution in [-0.2, 0) is 16.4 Å². The zero-order valence-corrected chi connectivity index (χ0v) is 15.2. The van der Waals surface area contributed by atoms with Gasteiger partial charge in [0.1, 0.15) is 23.9 Å². The van der Waals surface area contributed by atoms with Crippen LogP contribution < -0.4 is 14.2 Å². The van der Waals surface area contributed by atoms with Crippen LogP contribution in [0.4, 0.5) is 5.69 Å². The minimum absolute atomic E-state index is 0.0602. The highest BCUT2D eigenvalue weighted by atomic mass is 35.5. The summed E-state index contributed by atoms with van der Waals surface area (Å²) >= 11 is 5.98. The van der Waals surface area contributed by atoms with Crippen LogP contribution in [0.1, 0.15) is 12.5 Å². The topological polar surface area (TPSA) is 64.6 Å². The van der Waals surface area contributed by atoms with Crippen LogP contribution in [0, 0.1) is 0 Å². The quantitative estimate of drug-likeness (QED) is 0.770. The Labute approximate surface area is 147 Å². The average molecular weight is 370 g/mol. The molecule has 0 heterocycles. The first kappa shape index (κ1) is 18.4. The van der Waals surface area contributed by atoms with Crippen molar-refractivity contribution >= 4 is 27.3 Å². The highest BCUT2D eigenvalue weighted by molar-refractivity contribution is 7.92. The molecule has 5 nitrogen and oxygen atoms in total. The maximum absolute atomic E-state index is 12.1. The summed E-state index contributed by atoms with van der Waals surface area (Å²) in [6, 6.07) is 12.3. The molecule has 0 spiro atoms. The fourth-order valence-electron chi connectivity index (χ4n) is 2.05. The molecule has 24 heavy (non-hydrogen) atoms. The Kier molecular flexibility index (Phi) is 6.34. The van der Waals surface area contributed by atoms with E-state index >= 15 is 0 Å². The van der Waals surface area contributed by atoms with Crippen molar-refractivity contribution in [1.82, 2.24) is 0 Å².